The third-order valence-electron chi connectivity index (χ3n) is 3.23. The third-order valence-corrected chi connectivity index (χ3v) is 3.23. The Kier molecular flexibility index (Phi) is 4.76. The highest BCUT2D eigenvalue weighted by Crippen LogP contribution is 2.22. The second kappa shape index (κ2) is 6.37. The molecule has 0 radical (unpaired) electrons. The molecule has 1 fully saturated rings. The van der Waals surface area contributed by atoms with Crippen molar-refractivity contribution in [3.05, 3.63) is 29.8 Å². The van der Waals surface area contributed by atoms with Gasteiger partial charge in [0.05, 0.1) is 17.4 Å². The zero-order valence-electron chi connectivity index (χ0n) is 11.2. The van der Waals surface area contributed by atoms with Crippen molar-refractivity contribution in [2.24, 2.45) is 0 Å². The topological polar surface area (TPSA) is 128 Å². The molecule has 8 heteroatoms. The molecular weight excluding hydrogens is 282 g/mol. The van der Waals surface area contributed by atoms with Crippen LogP contribution in [0.4, 0.5) is 5.69 Å². The Labute approximate surface area is 120 Å². The fourth-order valence-corrected chi connectivity index (χ4v) is 1.92. The molecule has 0 amide bonds. The van der Waals surface area contributed by atoms with E-state index in [4.69, 9.17) is 14.7 Å². The number of aromatic carboxylic acids is 1. The van der Waals surface area contributed by atoms with Gasteiger partial charge in [0.15, 0.2) is 0 Å². The van der Waals surface area contributed by atoms with Crippen molar-refractivity contribution in [3.63, 3.8) is 0 Å². The first-order valence-corrected chi connectivity index (χ1v) is 6.35. The van der Waals surface area contributed by atoms with Gasteiger partial charge < -0.3 is 25.2 Å². The van der Waals surface area contributed by atoms with E-state index < -0.39 is 36.7 Å². The maximum atomic E-state index is 10.7. The van der Waals surface area contributed by atoms with Crippen molar-refractivity contribution in [3.8, 4) is 0 Å². The number of benzene rings is 1. The molecule has 1 aromatic rings. The number of anilines is 1. The van der Waals surface area contributed by atoms with E-state index in [1.807, 2.05) is 0 Å². The van der Waals surface area contributed by atoms with Crippen LogP contribution in [0.2, 0.25) is 0 Å². The molecular formula is C13H17NO7. The Balaban J connectivity index is 1.94. The van der Waals surface area contributed by atoms with Crippen molar-refractivity contribution in [2.75, 3.05) is 5.48 Å². The molecule has 0 aliphatic carbocycles. The highest BCUT2D eigenvalue weighted by molar-refractivity contribution is 5.87. The van der Waals surface area contributed by atoms with Gasteiger partial charge in [0.2, 0.25) is 6.29 Å². The molecule has 1 saturated heterocycles. The standard InChI is InChI=1S/C13H17NO7/c1-6-9(15)10(16)11(17)13(20-6)21-14-8-4-2-7(3-5-8)12(18)19/h2-6,9-11,13-17H,1H3,(H,18,19)/t6-,9-,10+,11+,13?/m0/s1. The van der Waals surface area contributed by atoms with Crippen LogP contribution < -0.4 is 5.48 Å². The SMILES string of the molecule is C[C@@H]1OC(ONc2ccc(C(=O)O)cc2)[C@H](O)[C@H](O)[C@H]1O. The summed E-state index contributed by atoms with van der Waals surface area (Å²) in [7, 11) is 0. The van der Waals surface area contributed by atoms with E-state index in [1.54, 1.807) is 0 Å². The van der Waals surface area contributed by atoms with Crippen molar-refractivity contribution in [1.29, 1.82) is 0 Å². The minimum Gasteiger partial charge on any atom is -0.478 e. The average molecular weight is 299 g/mol. The fourth-order valence-electron chi connectivity index (χ4n) is 1.92. The van der Waals surface area contributed by atoms with Gasteiger partial charge in [-0.2, -0.15) is 0 Å². The molecule has 21 heavy (non-hydrogen) atoms. The van der Waals surface area contributed by atoms with Crippen LogP contribution in [0.5, 0.6) is 0 Å². The number of carboxylic acid groups (broad SMARTS) is 1. The van der Waals surface area contributed by atoms with Crippen molar-refractivity contribution in [1.82, 2.24) is 0 Å². The fraction of sp³-hybridized carbons (Fsp3) is 0.462. The molecule has 0 aromatic heterocycles. The molecule has 1 heterocycles. The first kappa shape index (κ1) is 15.7. The van der Waals surface area contributed by atoms with Gasteiger partial charge in [-0.1, -0.05) is 0 Å². The Bertz CT molecular complexity index is 492. The Morgan fingerprint density at radius 1 is 1.14 bits per heavy atom. The molecule has 1 aliphatic heterocycles. The molecule has 0 spiro atoms. The van der Waals surface area contributed by atoms with Gasteiger partial charge >= 0.3 is 5.97 Å². The average Bonchev–Trinajstić information content (AvgIpc) is 2.48. The number of ether oxygens (including phenoxy) is 1. The van der Waals surface area contributed by atoms with Crippen molar-refractivity contribution < 1.29 is 34.8 Å². The van der Waals surface area contributed by atoms with E-state index in [1.165, 1.54) is 31.2 Å². The molecule has 116 valence electrons. The molecule has 1 unspecified atom stereocenters. The van der Waals surface area contributed by atoms with Crippen molar-refractivity contribution >= 4 is 11.7 Å². The van der Waals surface area contributed by atoms with Crippen LogP contribution in [-0.2, 0) is 9.57 Å². The van der Waals surface area contributed by atoms with Crippen molar-refractivity contribution in [2.45, 2.75) is 37.6 Å². The van der Waals surface area contributed by atoms with Gasteiger partial charge in [-0.05, 0) is 31.2 Å². The van der Waals surface area contributed by atoms with Crippen LogP contribution in [0.1, 0.15) is 17.3 Å². The zero-order chi connectivity index (χ0) is 15.6. The van der Waals surface area contributed by atoms with Gasteiger partial charge in [0.1, 0.15) is 18.3 Å². The van der Waals surface area contributed by atoms with Gasteiger partial charge in [-0.25, -0.2) is 9.63 Å². The van der Waals surface area contributed by atoms with Crippen LogP contribution in [0, 0.1) is 0 Å². The van der Waals surface area contributed by atoms with Gasteiger partial charge in [0.25, 0.3) is 0 Å². The summed E-state index contributed by atoms with van der Waals surface area (Å²) in [5, 5.41) is 37.7. The highest BCUT2D eigenvalue weighted by Gasteiger charge is 2.42. The maximum absolute atomic E-state index is 10.7. The van der Waals surface area contributed by atoms with Crippen LogP contribution in [0.25, 0.3) is 0 Å². The second-order valence-electron chi connectivity index (χ2n) is 4.78. The number of aliphatic hydroxyl groups is 3. The number of carbonyl (C=O) groups is 1. The number of hydrogen-bond acceptors (Lipinski definition) is 7. The summed E-state index contributed by atoms with van der Waals surface area (Å²) in [5.41, 5.74) is 3.07. The molecule has 1 aliphatic rings. The predicted molar refractivity (Wildman–Crippen MR) is 70.5 cm³/mol. The first-order valence-electron chi connectivity index (χ1n) is 6.35. The molecule has 8 nitrogen and oxygen atoms in total. The van der Waals surface area contributed by atoms with Crippen LogP contribution in [-0.4, -0.2) is 57.1 Å². The Hall–Kier alpha value is -1.71. The first-order chi connectivity index (χ1) is 9.90. The highest BCUT2D eigenvalue weighted by atomic mass is 16.8. The summed E-state index contributed by atoms with van der Waals surface area (Å²) in [5.74, 6) is -1.04. The second-order valence-corrected chi connectivity index (χ2v) is 4.78. The third kappa shape index (κ3) is 3.49. The van der Waals surface area contributed by atoms with E-state index in [9.17, 15) is 20.1 Å². The number of nitrogens with one attached hydrogen (secondary N) is 1. The minimum absolute atomic E-state index is 0.127. The van der Waals surface area contributed by atoms with E-state index in [2.05, 4.69) is 5.48 Å². The monoisotopic (exact) mass is 299 g/mol. The van der Waals surface area contributed by atoms with Gasteiger partial charge in [-0.15, -0.1) is 0 Å². The minimum atomic E-state index is -1.41. The number of carboxylic acids is 1. The lowest BCUT2D eigenvalue weighted by Gasteiger charge is -2.38. The maximum Gasteiger partial charge on any atom is 0.335 e. The quantitative estimate of drug-likeness (QED) is 0.473. The lowest BCUT2D eigenvalue weighted by Crippen LogP contribution is -2.57. The number of hydrogen-bond donors (Lipinski definition) is 5. The molecule has 0 saturated carbocycles. The Morgan fingerprint density at radius 2 is 1.76 bits per heavy atom. The van der Waals surface area contributed by atoms with Crippen LogP contribution >= 0.6 is 0 Å². The lowest BCUT2D eigenvalue weighted by atomic mass is 10.0. The molecule has 5 atom stereocenters. The van der Waals surface area contributed by atoms with E-state index >= 15 is 0 Å². The van der Waals surface area contributed by atoms with E-state index in [0.717, 1.165) is 0 Å². The summed E-state index contributed by atoms with van der Waals surface area (Å²) in [6.07, 6.45) is -5.87. The smallest absolute Gasteiger partial charge is 0.335 e. The summed E-state index contributed by atoms with van der Waals surface area (Å²) >= 11 is 0. The lowest BCUT2D eigenvalue weighted by molar-refractivity contribution is -0.286. The van der Waals surface area contributed by atoms with E-state index in [-0.39, 0.29) is 5.56 Å². The number of rotatable bonds is 4. The molecule has 0 bridgehead atoms. The molecule has 5 N–H and O–H groups in total. The molecule has 2 rings (SSSR count). The molecule has 1 aromatic carbocycles. The van der Waals surface area contributed by atoms with Crippen LogP contribution in [0.15, 0.2) is 24.3 Å². The predicted octanol–water partition coefficient (Wildman–Crippen LogP) is -0.444. The van der Waals surface area contributed by atoms with Gasteiger partial charge in [0, 0.05) is 0 Å². The summed E-state index contributed by atoms with van der Waals surface area (Å²) < 4.78 is 5.23. The Morgan fingerprint density at radius 3 is 2.33 bits per heavy atom. The summed E-state index contributed by atoms with van der Waals surface area (Å²) in [6.45, 7) is 1.54. The zero-order valence-corrected chi connectivity index (χ0v) is 11.2. The number of aliphatic hydroxyl groups excluding tert-OH is 3. The normalized spacial score (nSPS) is 32.7. The summed E-state index contributed by atoms with van der Waals surface area (Å²) in [4.78, 5) is 15.8. The van der Waals surface area contributed by atoms with Gasteiger partial charge in [-0.3, -0.25) is 5.48 Å². The summed E-state index contributed by atoms with van der Waals surface area (Å²) in [6, 6.07) is 5.72. The largest absolute Gasteiger partial charge is 0.478 e. The van der Waals surface area contributed by atoms with Crippen LogP contribution in [0.3, 0.4) is 0 Å². The van der Waals surface area contributed by atoms with E-state index in [0.29, 0.717) is 5.69 Å².